The van der Waals surface area contributed by atoms with Crippen LogP contribution < -0.4 is 20.1 Å². The van der Waals surface area contributed by atoms with Gasteiger partial charge in [0.2, 0.25) is 0 Å². The Bertz CT molecular complexity index is 847. The lowest BCUT2D eigenvalue weighted by Crippen LogP contribution is -2.19. The summed E-state index contributed by atoms with van der Waals surface area (Å²) in [5.41, 5.74) is 3.54. The van der Waals surface area contributed by atoms with E-state index < -0.39 is 0 Å². The minimum atomic E-state index is 0.482. The smallest absolute Gasteiger partial charge is 0.175 e. The molecule has 7 heteroatoms. The molecule has 0 bridgehead atoms. The number of hydrogen-bond donors (Lipinski definition) is 3. The van der Waals surface area contributed by atoms with Crippen molar-refractivity contribution in [2.45, 2.75) is 0 Å². The van der Waals surface area contributed by atoms with Gasteiger partial charge in [-0.3, -0.25) is 0 Å². The van der Waals surface area contributed by atoms with Gasteiger partial charge < -0.3 is 25.1 Å². The molecule has 0 unspecified atom stereocenters. The van der Waals surface area contributed by atoms with Gasteiger partial charge in [-0.1, -0.05) is 0 Å². The number of rotatable bonds is 4. The number of fused-ring (bicyclic) bond motifs is 1. The van der Waals surface area contributed by atoms with Gasteiger partial charge in [0.15, 0.2) is 16.6 Å². The lowest BCUT2D eigenvalue weighted by atomic mass is 10.2. The van der Waals surface area contributed by atoms with Crippen LogP contribution in [0.15, 0.2) is 42.7 Å². The Morgan fingerprint density at radius 1 is 1.00 bits per heavy atom. The SMILES string of the molecule is COc1ccc(NC(=S)Nc2ccc3nc[nH]c3c2)cc1OC. The van der Waals surface area contributed by atoms with Gasteiger partial charge in [0.25, 0.3) is 0 Å². The number of ether oxygens (including phenoxy) is 2. The molecule has 23 heavy (non-hydrogen) atoms. The molecule has 3 rings (SSSR count). The molecule has 0 aliphatic carbocycles. The van der Waals surface area contributed by atoms with Gasteiger partial charge in [-0.05, 0) is 42.5 Å². The third kappa shape index (κ3) is 3.35. The molecule has 0 aliphatic rings. The third-order valence-electron chi connectivity index (χ3n) is 3.32. The zero-order valence-corrected chi connectivity index (χ0v) is 13.5. The van der Waals surface area contributed by atoms with Crippen LogP contribution in [0.1, 0.15) is 0 Å². The normalized spacial score (nSPS) is 10.3. The van der Waals surface area contributed by atoms with Crippen molar-refractivity contribution in [2.24, 2.45) is 0 Å². The molecule has 0 atom stereocenters. The Kier molecular flexibility index (Phi) is 4.29. The first-order chi connectivity index (χ1) is 11.2. The van der Waals surface area contributed by atoms with Gasteiger partial charge in [0, 0.05) is 17.4 Å². The van der Waals surface area contributed by atoms with E-state index in [0.717, 1.165) is 22.4 Å². The number of aromatic amines is 1. The fraction of sp³-hybridized carbons (Fsp3) is 0.125. The lowest BCUT2D eigenvalue weighted by molar-refractivity contribution is 0.355. The zero-order chi connectivity index (χ0) is 16.2. The molecule has 0 saturated heterocycles. The number of hydrogen-bond acceptors (Lipinski definition) is 4. The molecule has 1 heterocycles. The monoisotopic (exact) mass is 328 g/mol. The van der Waals surface area contributed by atoms with Crippen LogP contribution in [-0.2, 0) is 0 Å². The molecule has 1 aromatic heterocycles. The molecule has 6 nitrogen and oxygen atoms in total. The van der Waals surface area contributed by atoms with Crippen LogP contribution >= 0.6 is 12.2 Å². The standard InChI is InChI=1S/C16H16N4O2S/c1-21-14-6-4-11(8-15(14)22-2)20-16(23)19-10-3-5-12-13(7-10)18-9-17-12/h3-9H,1-2H3,(H,17,18)(H2,19,20,23). The fourth-order valence-corrected chi connectivity index (χ4v) is 2.46. The molecule has 0 radical (unpaired) electrons. The maximum absolute atomic E-state index is 5.34. The van der Waals surface area contributed by atoms with E-state index >= 15 is 0 Å². The summed E-state index contributed by atoms with van der Waals surface area (Å²) in [5, 5.41) is 6.74. The zero-order valence-electron chi connectivity index (χ0n) is 12.7. The number of anilines is 2. The highest BCUT2D eigenvalue weighted by Crippen LogP contribution is 2.29. The molecular weight excluding hydrogens is 312 g/mol. The van der Waals surface area contributed by atoms with Crippen molar-refractivity contribution >= 4 is 39.7 Å². The highest BCUT2D eigenvalue weighted by molar-refractivity contribution is 7.80. The molecule has 0 aliphatic heterocycles. The van der Waals surface area contributed by atoms with Crippen LogP contribution in [0.2, 0.25) is 0 Å². The molecule has 0 amide bonds. The lowest BCUT2D eigenvalue weighted by Gasteiger charge is -2.13. The number of benzene rings is 2. The molecule has 0 spiro atoms. The first kappa shape index (κ1) is 15.1. The summed E-state index contributed by atoms with van der Waals surface area (Å²) in [6.45, 7) is 0. The predicted octanol–water partition coefficient (Wildman–Crippen LogP) is 3.39. The van der Waals surface area contributed by atoms with E-state index in [9.17, 15) is 0 Å². The van der Waals surface area contributed by atoms with Crippen molar-refractivity contribution < 1.29 is 9.47 Å². The first-order valence-corrected chi connectivity index (χ1v) is 7.33. The van der Waals surface area contributed by atoms with E-state index in [1.165, 1.54) is 0 Å². The van der Waals surface area contributed by atoms with Crippen molar-refractivity contribution in [2.75, 3.05) is 24.9 Å². The molecule has 118 valence electrons. The summed E-state index contributed by atoms with van der Waals surface area (Å²) in [6.07, 6.45) is 1.66. The quantitative estimate of drug-likeness (QED) is 0.638. The second-order valence-corrected chi connectivity index (χ2v) is 5.19. The summed E-state index contributed by atoms with van der Waals surface area (Å²) >= 11 is 5.34. The summed E-state index contributed by atoms with van der Waals surface area (Å²) in [6, 6.07) is 11.3. The van der Waals surface area contributed by atoms with E-state index in [4.69, 9.17) is 21.7 Å². The molecule has 3 aromatic rings. The number of aromatic nitrogens is 2. The topological polar surface area (TPSA) is 71.2 Å². The van der Waals surface area contributed by atoms with Crippen LogP contribution in [0.25, 0.3) is 11.0 Å². The van der Waals surface area contributed by atoms with Crippen molar-refractivity contribution in [1.29, 1.82) is 0 Å². The molecule has 0 saturated carbocycles. The highest BCUT2D eigenvalue weighted by atomic mass is 32.1. The van der Waals surface area contributed by atoms with Gasteiger partial charge in [0.05, 0.1) is 31.6 Å². The average molecular weight is 328 g/mol. The molecule has 0 fully saturated rings. The summed E-state index contributed by atoms with van der Waals surface area (Å²) < 4.78 is 10.5. The predicted molar refractivity (Wildman–Crippen MR) is 95.5 cm³/mol. The van der Waals surface area contributed by atoms with Gasteiger partial charge in [0.1, 0.15) is 0 Å². The van der Waals surface area contributed by atoms with E-state index in [1.807, 2.05) is 36.4 Å². The van der Waals surface area contributed by atoms with Gasteiger partial charge in [-0.2, -0.15) is 0 Å². The van der Waals surface area contributed by atoms with E-state index in [1.54, 1.807) is 20.5 Å². The Hall–Kier alpha value is -2.80. The minimum Gasteiger partial charge on any atom is -0.493 e. The number of nitrogens with zero attached hydrogens (tertiary/aromatic N) is 1. The Balaban J connectivity index is 1.71. The van der Waals surface area contributed by atoms with Gasteiger partial charge in [-0.15, -0.1) is 0 Å². The Morgan fingerprint density at radius 3 is 2.43 bits per heavy atom. The first-order valence-electron chi connectivity index (χ1n) is 6.93. The average Bonchev–Trinajstić information content (AvgIpc) is 3.02. The van der Waals surface area contributed by atoms with E-state index in [0.29, 0.717) is 16.6 Å². The Morgan fingerprint density at radius 2 is 1.70 bits per heavy atom. The van der Waals surface area contributed by atoms with Gasteiger partial charge in [-0.25, -0.2) is 4.98 Å². The molecule has 3 N–H and O–H groups in total. The highest BCUT2D eigenvalue weighted by Gasteiger charge is 2.06. The second kappa shape index (κ2) is 6.53. The van der Waals surface area contributed by atoms with Crippen LogP contribution in [0.4, 0.5) is 11.4 Å². The van der Waals surface area contributed by atoms with Crippen molar-refractivity contribution in [1.82, 2.24) is 9.97 Å². The van der Waals surface area contributed by atoms with Crippen LogP contribution in [0.3, 0.4) is 0 Å². The second-order valence-electron chi connectivity index (χ2n) is 4.78. The summed E-state index contributed by atoms with van der Waals surface area (Å²) in [4.78, 5) is 7.25. The van der Waals surface area contributed by atoms with Crippen LogP contribution in [0.5, 0.6) is 11.5 Å². The van der Waals surface area contributed by atoms with E-state index in [2.05, 4.69) is 20.6 Å². The fourth-order valence-electron chi connectivity index (χ4n) is 2.22. The van der Waals surface area contributed by atoms with E-state index in [-0.39, 0.29) is 0 Å². The maximum atomic E-state index is 5.34. The van der Waals surface area contributed by atoms with Gasteiger partial charge >= 0.3 is 0 Å². The number of thiocarbonyl (C=S) groups is 1. The van der Waals surface area contributed by atoms with Crippen molar-refractivity contribution in [3.8, 4) is 11.5 Å². The minimum absolute atomic E-state index is 0.482. The maximum Gasteiger partial charge on any atom is 0.175 e. The Labute approximate surface area is 138 Å². The van der Waals surface area contributed by atoms with Crippen molar-refractivity contribution in [3.63, 3.8) is 0 Å². The number of imidazole rings is 1. The largest absolute Gasteiger partial charge is 0.493 e. The van der Waals surface area contributed by atoms with Crippen molar-refractivity contribution in [3.05, 3.63) is 42.7 Å². The van der Waals surface area contributed by atoms with Crippen LogP contribution in [-0.4, -0.2) is 29.3 Å². The number of methoxy groups -OCH3 is 2. The molecule has 2 aromatic carbocycles. The summed E-state index contributed by atoms with van der Waals surface area (Å²) in [7, 11) is 3.20. The number of nitrogens with one attached hydrogen (secondary N) is 3. The molecular formula is C16H16N4O2S. The number of H-pyrrole nitrogens is 1. The van der Waals surface area contributed by atoms with Crippen LogP contribution in [0, 0.1) is 0 Å². The summed E-state index contributed by atoms with van der Waals surface area (Å²) in [5.74, 6) is 1.31. The third-order valence-corrected chi connectivity index (χ3v) is 3.52.